The third-order valence-electron chi connectivity index (χ3n) is 4.11. The maximum absolute atomic E-state index is 11.5. The number of rotatable bonds is 6. The maximum atomic E-state index is 11.5. The largest absolute Gasteiger partial charge is 0.492 e. The number of nitrogens with one attached hydrogen (secondary N) is 1. The molecule has 1 heterocycles. The lowest BCUT2D eigenvalue weighted by atomic mass is 9.84. The Balaban J connectivity index is 2.32. The topological polar surface area (TPSA) is 114 Å². The van der Waals surface area contributed by atoms with Gasteiger partial charge in [0.25, 0.3) is 0 Å². The molecular weight excluding hydrogens is 306 g/mol. The molecule has 0 aromatic heterocycles. The zero-order chi connectivity index (χ0) is 16.4. The molecule has 0 saturated heterocycles. The minimum Gasteiger partial charge on any atom is -0.492 e. The highest BCUT2D eigenvalue weighted by Crippen LogP contribution is 2.33. The summed E-state index contributed by atoms with van der Waals surface area (Å²) in [6.45, 7) is 4.32. The minimum atomic E-state index is -3.80. The van der Waals surface area contributed by atoms with Gasteiger partial charge in [-0.1, -0.05) is 19.9 Å². The fourth-order valence-corrected chi connectivity index (χ4v) is 3.14. The van der Waals surface area contributed by atoms with Crippen LogP contribution in [0.3, 0.4) is 0 Å². The van der Waals surface area contributed by atoms with Crippen LogP contribution in [0.4, 0.5) is 5.69 Å². The molecule has 2 rings (SSSR count). The van der Waals surface area contributed by atoms with Crippen LogP contribution in [0.1, 0.15) is 32.3 Å². The van der Waals surface area contributed by atoms with Crippen molar-refractivity contribution in [3.05, 3.63) is 23.8 Å². The molecule has 0 radical (unpaired) electrons. The fourth-order valence-electron chi connectivity index (χ4n) is 2.29. The van der Waals surface area contributed by atoms with Crippen LogP contribution in [0.15, 0.2) is 22.6 Å². The summed E-state index contributed by atoms with van der Waals surface area (Å²) in [6.07, 6.45) is 1.54. The molecule has 1 aliphatic heterocycles. The monoisotopic (exact) mass is 327 g/mol. The highest BCUT2D eigenvalue weighted by atomic mass is 32.2. The van der Waals surface area contributed by atoms with Gasteiger partial charge in [0.15, 0.2) is 5.84 Å². The van der Waals surface area contributed by atoms with Crippen LogP contribution in [-0.4, -0.2) is 32.6 Å². The lowest BCUT2D eigenvalue weighted by Crippen LogP contribution is -2.32. The van der Waals surface area contributed by atoms with E-state index in [1.54, 1.807) is 18.2 Å². The Hall–Kier alpha value is -1.80. The molecule has 7 nitrogen and oxygen atoms in total. The number of aliphatic hydroxyl groups excluding tert-OH is 1. The summed E-state index contributed by atoms with van der Waals surface area (Å²) in [5.41, 5.74) is 6.20. The summed E-state index contributed by atoms with van der Waals surface area (Å²) in [5, 5.41) is 9.59. The van der Waals surface area contributed by atoms with Crippen LogP contribution < -0.4 is 15.2 Å². The first-order valence-corrected chi connectivity index (χ1v) is 8.55. The molecule has 0 bridgehead atoms. The van der Waals surface area contributed by atoms with E-state index in [-0.39, 0.29) is 17.9 Å². The molecule has 122 valence electrons. The number of aliphatic hydroxyl groups is 1. The molecule has 4 N–H and O–H groups in total. The minimum absolute atomic E-state index is 0.0191. The third kappa shape index (κ3) is 3.17. The quantitative estimate of drug-likeness (QED) is 0.727. The number of fused-ring (bicyclic) bond motifs is 1. The van der Waals surface area contributed by atoms with Crippen LogP contribution in [0.5, 0.6) is 5.75 Å². The fraction of sp³-hybridized carbons (Fsp3) is 0.500. The van der Waals surface area contributed by atoms with Gasteiger partial charge in [0.2, 0.25) is 0 Å². The van der Waals surface area contributed by atoms with Crippen LogP contribution in [0.2, 0.25) is 0 Å². The van der Waals surface area contributed by atoms with Gasteiger partial charge in [0.1, 0.15) is 5.75 Å². The van der Waals surface area contributed by atoms with Crippen LogP contribution >= 0.6 is 0 Å². The normalized spacial score (nSPS) is 16.4. The Kier molecular flexibility index (Phi) is 4.62. The van der Waals surface area contributed by atoms with Gasteiger partial charge in [0, 0.05) is 5.41 Å². The Morgan fingerprint density at radius 2 is 2.05 bits per heavy atom. The molecule has 0 fully saturated rings. The van der Waals surface area contributed by atoms with Crippen molar-refractivity contribution in [3.8, 4) is 5.75 Å². The van der Waals surface area contributed by atoms with E-state index in [9.17, 15) is 13.5 Å². The van der Waals surface area contributed by atoms with Gasteiger partial charge >= 0.3 is 10.2 Å². The van der Waals surface area contributed by atoms with Gasteiger partial charge in [-0.05, 0) is 25.0 Å². The molecule has 0 aliphatic carbocycles. The van der Waals surface area contributed by atoms with Crippen LogP contribution in [0, 0.1) is 5.41 Å². The van der Waals surface area contributed by atoms with Gasteiger partial charge in [-0.3, -0.25) is 4.72 Å². The summed E-state index contributed by atoms with van der Waals surface area (Å²) in [7, 11) is -3.80. The molecule has 8 heteroatoms. The van der Waals surface area contributed by atoms with Crippen molar-refractivity contribution < 1.29 is 18.3 Å². The van der Waals surface area contributed by atoms with Crippen LogP contribution in [-0.2, 0) is 10.2 Å². The number of ether oxygens (including phenoxy) is 1. The average Bonchev–Trinajstić information content (AvgIpc) is 2.47. The molecule has 0 unspecified atom stereocenters. The van der Waals surface area contributed by atoms with E-state index in [0.717, 1.165) is 12.8 Å². The molecule has 1 aromatic rings. The van der Waals surface area contributed by atoms with E-state index >= 15 is 0 Å². The number of hydrogen-bond acceptors (Lipinski definition) is 5. The van der Waals surface area contributed by atoms with E-state index in [2.05, 4.69) is 9.12 Å². The van der Waals surface area contributed by atoms with Gasteiger partial charge in [0.05, 0.1) is 24.5 Å². The SMILES string of the molecule is CCC(CC)(CO)COc1cccc2c1C(N)=NS(=O)(=O)N2. The van der Waals surface area contributed by atoms with Crippen LogP contribution in [0.25, 0.3) is 0 Å². The number of amidine groups is 1. The van der Waals surface area contributed by atoms with Crippen molar-refractivity contribution in [1.82, 2.24) is 0 Å². The van der Waals surface area contributed by atoms with Gasteiger partial charge in [-0.2, -0.15) is 8.42 Å². The summed E-state index contributed by atoms with van der Waals surface area (Å²) in [6, 6.07) is 4.97. The van der Waals surface area contributed by atoms with E-state index in [0.29, 0.717) is 23.6 Å². The molecule has 1 aliphatic rings. The van der Waals surface area contributed by atoms with E-state index in [1.165, 1.54) is 0 Å². The van der Waals surface area contributed by atoms with E-state index in [1.807, 2.05) is 13.8 Å². The molecule has 0 amide bonds. The second-order valence-corrected chi connectivity index (χ2v) is 6.72. The highest BCUT2D eigenvalue weighted by Gasteiger charge is 2.29. The Bertz CT molecular complexity index is 673. The Morgan fingerprint density at radius 1 is 1.36 bits per heavy atom. The predicted octanol–water partition coefficient (Wildman–Crippen LogP) is 1.24. The smallest absolute Gasteiger partial charge is 0.344 e. The first kappa shape index (κ1) is 16.6. The van der Waals surface area contributed by atoms with Gasteiger partial charge in [-0.15, -0.1) is 4.40 Å². The molecule has 1 aromatic carbocycles. The van der Waals surface area contributed by atoms with Crippen molar-refractivity contribution in [2.75, 3.05) is 17.9 Å². The molecule has 0 atom stereocenters. The highest BCUT2D eigenvalue weighted by molar-refractivity contribution is 7.91. The lowest BCUT2D eigenvalue weighted by Gasteiger charge is -2.30. The standard InChI is InChI=1S/C14H21N3O4S/c1-3-14(4-2,8-18)9-21-11-7-5-6-10-12(11)13(15)17-22(19,20)16-10/h5-7,16,18H,3-4,8-9H2,1-2H3,(H2,15,17). The summed E-state index contributed by atoms with van der Waals surface area (Å²) < 4.78 is 34.7. The van der Waals surface area contributed by atoms with Crippen molar-refractivity contribution in [2.45, 2.75) is 26.7 Å². The zero-order valence-electron chi connectivity index (χ0n) is 12.7. The van der Waals surface area contributed by atoms with Crippen molar-refractivity contribution in [3.63, 3.8) is 0 Å². The number of hydrogen-bond donors (Lipinski definition) is 3. The van der Waals surface area contributed by atoms with E-state index in [4.69, 9.17) is 10.5 Å². The number of benzene rings is 1. The second kappa shape index (κ2) is 6.13. The first-order chi connectivity index (χ1) is 10.4. The summed E-state index contributed by atoms with van der Waals surface area (Å²) >= 11 is 0. The van der Waals surface area contributed by atoms with Crippen molar-refractivity contribution in [2.24, 2.45) is 15.5 Å². The Labute approximate surface area is 130 Å². The molecular formula is C14H21N3O4S. The lowest BCUT2D eigenvalue weighted by molar-refractivity contribution is 0.0588. The first-order valence-electron chi connectivity index (χ1n) is 7.11. The van der Waals surface area contributed by atoms with Gasteiger partial charge in [-0.25, -0.2) is 0 Å². The second-order valence-electron chi connectivity index (χ2n) is 5.39. The summed E-state index contributed by atoms with van der Waals surface area (Å²) in [5.74, 6) is 0.341. The number of nitrogens with two attached hydrogens (primary N) is 1. The molecule has 0 spiro atoms. The third-order valence-corrected chi connectivity index (χ3v) is 5.02. The van der Waals surface area contributed by atoms with E-state index < -0.39 is 10.2 Å². The molecule has 0 saturated carbocycles. The average molecular weight is 327 g/mol. The molecule has 22 heavy (non-hydrogen) atoms. The summed E-state index contributed by atoms with van der Waals surface area (Å²) in [4.78, 5) is 0. The Morgan fingerprint density at radius 3 is 2.64 bits per heavy atom. The van der Waals surface area contributed by atoms with Gasteiger partial charge < -0.3 is 15.6 Å². The van der Waals surface area contributed by atoms with Crippen molar-refractivity contribution in [1.29, 1.82) is 0 Å². The predicted molar refractivity (Wildman–Crippen MR) is 85.3 cm³/mol. The number of nitrogens with zero attached hydrogens (tertiary/aromatic N) is 1. The zero-order valence-corrected chi connectivity index (χ0v) is 13.5. The van der Waals surface area contributed by atoms with Crippen molar-refractivity contribution >= 4 is 21.7 Å². The number of anilines is 1. The maximum Gasteiger partial charge on any atom is 0.344 e.